The van der Waals surface area contributed by atoms with Gasteiger partial charge in [0.15, 0.2) is 0 Å². The fourth-order valence-electron chi connectivity index (χ4n) is 3.71. The number of amides is 1. The molecule has 178 valence electrons. The zero-order valence-corrected chi connectivity index (χ0v) is 21.0. The van der Waals surface area contributed by atoms with Crippen molar-refractivity contribution in [2.24, 2.45) is 0 Å². The van der Waals surface area contributed by atoms with Gasteiger partial charge in [0.25, 0.3) is 15.9 Å². The molecule has 4 rings (SSSR count). The van der Waals surface area contributed by atoms with Crippen molar-refractivity contribution in [1.29, 1.82) is 0 Å². The van der Waals surface area contributed by atoms with Gasteiger partial charge in [-0.3, -0.25) is 9.10 Å². The van der Waals surface area contributed by atoms with Crippen molar-refractivity contribution < 1.29 is 13.2 Å². The lowest BCUT2D eigenvalue weighted by atomic mass is 10.1. The molecule has 0 aliphatic carbocycles. The lowest BCUT2D eigenvalue weighted by Gasteiger charge is -2.28. The summed E-state index contributed by atoms with van der Waals surface area (Å²) in [6.07, 6.45) is 0. The number of para-hydroxylation sites is 2. The molecule has 0 saturated carbocycles. The van der Waals surface area contributed by atoms with Gasteiger partial charge in [0, 0.05) is 17.8 Å². The monoisotopic (exact) mass is 504 g/mol. The quantitative estimate of drug-likeness (QED) is 0.296. The second-order valence-corrected chi connectivity index (χ2v) is 10.5. The molecule has 0 bridgehead atoms. The molecule has 7 heteroatoms. The summed E-state index contributed by atoms with van der Waals surface area (Å²) >= 11 is 6.04. The van der Waals surface area contributed by atoms with Gasteiger partial charge in [0.2, 0.25) is 0 Å². The van der Waals surface area contributed by atoms with Crippen LogP contribution in [0.1, 0.15) is 21.5 Å². The van der Waals surface area contributed by atoms with Gasteiger partial charge in [-0.05, 0) is 61.0 Å². The molecular formula is C28H25ClN2O3S. The molecule has 0 N–H and O–H groups in total. The Labute approximate surface area is 211 Å². The van der Waals surface area contributed by atoms with Crippen molar-refractivity contribution in [2.45, 2.75) is 18.4 Å². The van der Waals surface area contributed by atoms with Gasteiger partial charge in [-0.1, -0.05) is 71.8 Å². The Morgan fingerprint density at radius 1 is 0.800 bits per heavy atom. The minimum Gasteiger partial charge on any atom is -0.311 e. The lowest BCUT2D eigenvalue weighted by Crippen LogP contribution is -2.34. The number of carbonyl (C=O) groups excluding carboxylic acids is 1. The zero-order chi connectivity index (χ0) is 25.0. The van der Waals surface area contributed by atoms with E-state index >= 15 is 0 Å². The molecule has 0 saturated heterocycles. The normalized spacial score (nSPS) is 11.2. The first-order valence-electron chi connectivity index (χ1n) is 11.0. The van der Waals surface area contributed by atoms with Crippen molar-refractivity contribution in [3.63, 3.8) is 0 Å². The minimum atomic E-state index is -4.00. The predicted molar refractivity (Wildman–Crippen MR) is 142 cm³/mol. The first kappa shape index (κ1) is 24.5. The molecule has 0 atom stereocenters. The third-order valence-corrected chi connectivity index (χ3v) is 7.73. The highest BCUT2D eigenvalue weighted by molar-refractivity contribution is 7.92. The van der Waals surface area contributed by atoms with Gasteiger partial charge >= 0.3 is 0 Å². The largest absolute Gasteiger partial charge is 0.311 e. The molecule has 0 radical (unpaired) electrons. The fourth-order valence-corrected chi connectivity index (χ4v) is 5.31. The second kappa shape index (κ2) is 10.3. The number of aryl methyl sites for hydroxylation is 1. The topological polar surface area (TPSA) is 57.7 Å². The van der Waals surface area contributed by atoms with E-state index in [2.05, 4.69) is 0 Å². The minimum absolute atomic E-state index is 0.0344. The highest BCUT2D eigenvalue weighted by Gasteiger charge is 2.29. The molecule has 0 heterocycles. The van der Waals surface area contributed by atoms with Crippen molar-refractivity contribution in [2.75, 3.05) is 16.3 Å². The van der Waals surface area contributed by atoms with E-state index in [1.54, 1.807) is 79.8 Å². The summed E-state index contributed by atoms with van der Waals surface area (Å²) in [7, 11) is -2.32. The van der Waals surface area contributed by atoms with Crippen LogP contribution in [0.25, 0.3) is 0 Å². The second-order valence-electron chi connectivity index (χ2n) is 8.17. The highest BCUT2D eigenvalue weighted by Crippen LogP contribution is 2.31. The molecule has 0 unspecified atom stereocenters. The molecule has 4 aromatic carbocycles. The van der Waals surface area contributed by atoms with Crippen molar-refractivity contribution in [3.05, 3.63) is 125 Å². The Balaban J connectivity index is 1.83. The average molecular weight is 505 g/mol. The number of sulfonamides is 1. The third-order valence-electron chi connectivity index (χ3n) is 5.70. The van der Waals surface area contributed by atoms with Crippen LogP contribution < -0.4 is 9.21 Å². The van der Waals surface area contributed by atoms with Crippen LogP contribution in [-0.2, 0) is 16.6 Å². The summed E-state index contributed by atoms with van der Waals surface area (Å²) in [6, 6.07) is 29.7. The average Bonchev–Trinajstić information content (AvgIpc) is 2.88. The van der Waals surface area contributed by atoms with Crippen LogP contribution in [0.2, 0.25) is 5.02 Å². The highest BCUT2D eigenvalue weighted by atomic mass is 35.5. The molecule has 0 aliphatic heterocycles. The van der Waals surface area contributed by atoms with Crippen LogP contribution in [0.4, 0.5) is 11.4 Å². The summed E-state index contributed by atoms with van der Waals surface area (Å²) in [5, 5.41) is 0.557. The Bertz CT molecular complexity index is 1420. The van der Waals surface area contributed by atoms with E-state index < -0.39 is 10.0 Å². The van der Waals surface area contributed by atoms with E-state index in [1.807, 2.05) is 37.3 Å². The van der Waals surface area contributed by atoms with Crippen LogP contribution in [0.5, 0.6) is 0 Å². The molecule has 0 aromatic heterocycles. The van der Waals surface area contributed by atoms with Crippen molar-refractivity contribution in [3.8, 4) is 0 Å². The van der Waals surface area contributed by atoms with Crippen molar-refractivity contribution >= 4 is 38.9 Å². The number of halogens is 1. The fraction of sp³-hybridized carbons (Fsp3) is 0.107. The van der Waals surface area contributed by atoms with E-state index in [0.717, 1.165) is 11.1 Å². The van der Waals surface area contributed by atoms with Gasteiger partial charge in [-0.15, -0.1) is 0 Å². The van der Waals surface area contributed by atoms with Gasteiger partial charge in [0.05, 0.1) is 22.7 Å². The smallest absolute Gasteiger partial charge is 0.264 e. The van der Waals surface area contributed by atoms with Crippen molar-refractivity contribution in [1.82, 2.24) is 0 Å². The molecule has 35 heavy (non-hydrogen) atoms. The third kappa shape index (κ3) is 5.39. The summed E-state index contributed by atoms with van der Waals surface area (Å²) in [4.78, 5) is 15.2. The van der Waals surface area contributed by atoms with Gasteiger partial charge in [0.1, 0.15) is 0 Å². The van der Waals surface area contributed by atoms with E-state index in [1.165, 1.54) is 9.21 Å². The van der Waals surface area contributed by atoms with E-state index in [9.17, 15) is 13.2 Å². The maximum atomic E-state index is 13.9. The summed E-state index contributed by atoms with van der Waals surface area (Å²) in [5.74, 6) is -0.313. The van der Waals surface area contributed by atoms with Crippen LogP contribution in [-0.4, -0.2) is 21.4 Å². The molecule has 4 aromatic rings. The number of anilines is 2. The van der Waals surface area contributed by atoms with Gasteiger partial charge < -0.3 is 4.90 Å². The Morgan fingerprint density at radius 2 is 1.40 bits per heavy atom. The lowest BCUT2D eigenvalue weighted by molar-refractivity contribution is 0.0993. The predicted octanol–water partition coefficient (Wildman–Crippen LogP) is 6.32. The van der Waals surface area contributed by atoms with E-state index in [0.29, 0.717) is 16.4 Å². The summed E-state index contributed by atoms with van der Waals surface area (Å²) in [6.45, 7) is 1.93. The van der Waals surface area contributed by atoms with Crippen LogP contribution in [0.15, 0.2) is 108 Å². The SMILES string of the molecule is Cc1ccc(S(=O)(=O)N(Cc2ccc(Cl)cc2)c2ccccc2C(=O)N(C)c2ccccc2)cc1. The first-order valence-corrected chi connectivity index (χ1v) is 12.8. The molecule has 1 amide bonds. The molecule has 0 fully saturated rings. The number of benzene rings is 4. The zero-order valence-electron chi connectivity index (χ0n) is 19.4. The number of hydrogen-bond donors (Lipinski definition) is 0. The van der Waals surface area contributed by atoms with Crippen LogP contribution in [0, 0.1) is 6.92 Å². The summed E-state index contributed by atoms with van der Waals surface area (Å²) < 4.78 is 29.1. The van der Waals surface area contributed by atoms with Crippen LogP contribution >= 0.6 is 11.6 Å². The Morgan fingerprint density at radius 3 is 2.06 bits per heavy atom. The number of nitrogens with zero attached hydrogens (tertiary/aromatic N) is 2. The van der Waals surface area contributed by atoms with Gasteiger partial charge in [-0.25, -0.2) is 8.42 Å². The number of hydrogen-bond acceptors (Lipinski definition) is 3. The molecule has 5 nitrogen and oxygen atoms in total. The number of rotatable bonds is 7. The summed E-state index contributed by atoms with van der Waals surface area (Å²) in [5.41, 5.74) is 2.98. The molecule has 0 spiro atoms. The Kier molecular flexibility index (Phi) is 7.24. The number of carbonyl (C=O) groups is 1. The molecule has 0 aliphatic rings. The molecular weight excluding hydrogens is 480 g/mol. The maximum Gasteiger partial charge on any atom is 0.264 e. The Hall–Kier alpha value is -3.61. The maximum absolute atomic E-state index is 13.9. The standard InChI is InChI=1S/C28H25ClN2O3S/c1-21-12-18-25(19-13-21)35(33,34)31(20-22-14-16-23(29)17-15-22)27-11-7-6-10-26(27)28(32)30(2)24-8-4-3-5-9-24/h3-19H,20H2,1-2H3. The van der Waals surface area contributed by atoms with Gasteiger partial charge in [-0.2, -0.15) is 0 Å². The van der Waals surface area contributed by atoms with E-state index in [4.69, 9.17) is 11.6 Å². The van der Waals surface area contributed by atoms with E-state index in [-0.39, 0.29) is 22.9 Å². The first-order chi connectivity index (χ1) is 16.8. The van der Waals surface area contributed by atoms with Crippen LogP contribution in [0.3, 0.4) is 0 Å².